The van der Waals surface area contributed by atoms with Crippen LogP contribution >= 0.6 is 0 Å². The van der Waals surface area contributed by atoms with Crippen molar-refractivity contribution >= 4 is 10.9 Å². The Balaban J connectivity index is 1.77. The Morgan fingerprint density at radius 3 is 3.05 bits per heavy atom. The normalized spacial score (nSPS) is 22.3. The molecule has 5 nitrogen and oxygen atoms in total. The zero-order valence-corrected chi connectivity index (χ0v) is 12.7. The highest BCUT2D eigenvalue weighted by molar-refractivity contribution is 5.81. The van der Waals surface area contributed by atoms with Crippen LogP contribution in [0.2, 0.25) is 0 Å². The van der Waals surface area contributed by atoms with E-state index < -0.39 is 5.60 Å². The first-order valence-electron chi connectivity index (χ1n) is 7.49. The van der Waals surface area contributed by atoms with E-state index in [4.69, 9.17) is 4.74 Å². The standard InChI is InChI=1S/C16H23N3O2/c1-16(20,9-12-11-21-8-7-17-12)10-14-13-5-3-4-6-15(13)19(2)18-14/h3-6,12,17,20H,7-11H2,1-2H3. The maximum absolute atomic E-state index is 10.7. The van der Waals surface area contributed by atoms with Crippen LogP contribution in [-0.4, -0.2) is 46.3 Å². The number of ether oxygens (including phenoxy) is 1. The number of aliphatic hydroxyl groups is 1. The van der Waals surface area contributed by atoms with Gasteiger partial charge in [-0.2, -0.15) is 5.10 Å². The van der Waals surface area contributed by atoms with Gasteiger partial charge in [0.2, 0.25) is 0 Å². The molecule has 0 aliphatic carbocycles. The molecule has 2 N–H and O–H groups in total. The van der Waals surface area contributed by atoms with Gasteiger partial charge in [-0.15, -0.1) is 0 Å². The molecule has 1 aromatic carbocycles. The summed E-state index contributed by atoms with van der Waals surface area (Å²) >= 11 is 0. The fourth-order valence-corrected chi connectivity index (χ4v) is 3.13. The first-order chi connectivity index (χ1) is 10.1. The van der Waals surface area contributed by atoms with E-state index in [1.54, 1.807) is 0 Å². The maximum atomic E-state index is 10.7. The fraction of sp³-hybridized carbons (Fsp3) is 0.562. The van der Waals surface area contributed by atoms with Gasteiger partial charge in [0, 0.05) is 31.4 Å². The van der Waals surface area contributed by atoms with E-state index in [2.05, 4.69) is 22.5 Å². The quantitative estimate of drug-likeness (QED) is 0.889. The Kier molecular flexibility index (Phi) is 3.97. The molecule has 5 heteroatoms. The van der Waals surface area contributed by atoms with Crippen LogP contribution in [0.25, 0.3) is 10.9 Å². The SMILES string of the molecule is Cn1nc(CC(C)(O)CC2COCCN2)c2ccccc21. The molecule has 0 saturated carbocycles. The van der Waals surface area contributed by atoms with Gasteiger partial charge in [-0.1, -0.05) is 18.2 Å². The lowest BCUT2D eigenvalue weighted by Gasteiger charge is -2.31. The van der Waals surface area contributed by atoms with Crippen molar-refractivity contribution in [1.29, 1.82) is 0 Å². The smallest absolute Gasteiger partial charge is 0.0731 e. The molecule has 21 heavy (non-hydrogen) atoms. The van der Waals surface area contributed by atoms with E-state index in [9.17, 15) is 5.11 Å². The number of fused-ring (bicyclic) bond motifs is 1. The number of hydrogen-bond donors (Lipinski definition) is 2. The Bertz CT molecular complexity index is 615. The van der Waals surface area contributed by atoms with E-state index >= 15 is 0 Å². The van der Waals surface area contributed by atoms with Gasteiger partial charge in [0.25, 0.3) is 0 Å². The van der Waals surface area contributed by atoms with Gasteiger partial charge in [0.15, 0.2) is 0 Å². The largest absolute Gasteiger partial charge is 0.390 e. The lowest BCUT2D eigenvalue weighted by Crippen LogP contribution is -2.46. The average molecular weight is 289 g/mol. The molecule has 0 bridgehead atoms. The molecule has 2 heterocycles. The number of morpholine rings is 1. The van der Waals surface area contributed by atoms with E-state index in [0.717, 1.165) is 29.7 Å². The summed E-state index contributed by atoms with van der Waals surface area (Å²) in [6, 6.07) is 8.35. The number of para-hydroxylation sites is 1. The molecule has 1 saturated heterocycles. The second-order valence-electron chi connectivity index (χ2n) is 6.19. The molecule has 114 valence electrons. The molecule has 0 radical (unpaired) electrons. The van der Waals surface area contributed by atoms with Gasteiger partial charge in [-0.3, -0.25) is 4.68 Å². The van der Waals surface area contributed by atoms with Crippen LogP contribution in [-0.2, 0) is 18.2 Å². The summed E-state index contributed by atoms with van der Waals surface area (Å²) in [7, 11) is 1.94. The van der Waals surface area contributed by atoms with Crippen LogP contribution < -0.4 is 5.32 Å². The molecule has 1 fully saturated rings. The highest BCUT2D eigenvalue weighted by atomic mass is 16.5. The molecule has 1 aliphatic rings. The van der Waals surface area contributed by atoms with Crippen LogP contribution in [0.5, 0.6) is 0 Å². The number of hydrogen-bond acceptors (Lipinski definition) is 4. The summed E-state index contributed by atoms with van der Waals surface area (Å²) in [5.41, 5.74) is 1.26. The zero-order chi connectivity index (χ0) is 14.9. The summed E-state index contributed by atoms with van der Waals surface area (Å²) in [4.78, 5) is 0. The number of nitrogens with zero attached hydrogens (tertiary/aromatic N) is 2. The molecule has 0 amide bonds. The first-order valence-corrected chi connectivity index (χ1v) is 7.49. The predicted octanol–water partition coefficient (Wildman–Crippen LogP) is 1.25. The first kappa shape index (κ1) is 14.5. The molecular formula is C16H23N3O2. The van der Waals surface area contributed by atoms with Crippen LogP contribution in [0.1, 0.15) is 19.0 Å². The Labute approximate surface area is 124 Å². The molecule has 2 unspecified atom stereocenters. The van der Waals surface area contributed by atoms with Crippen LogP contribution in [0.3, 0.4) is 0 Å². The van der Waals surface area contributed by atoms with Crippen molar-refractivity contribution in [3.63, 3.8) is 0 Å². The zero-order valence-electron chi connectivity index (χ0n) is 12.7. The van der Waals surface area contributed by atoms with E-state index in [1.807, 2.05) is 30.8 Å². The summed E-state index contributed by atoms with van der Waals surface area (Å²) in [5.74, 6) is 0. The minimum absolute atomic E-state index is 0.212. The molecule has 2 atom stereocenters. The minimum Gasteiger partial charge on any atom is -0.390 e. The third-order valence-electron chi connectivity index (χ3n) is 4.07. The van der Waals surface area contributed by atoms with Crippen molar-refractivity contribution in [1.82, 2.24) is 15.1 Å². The van der Waals surface area contributed by atoms with Crippen molar-refractivity contribution in [2.75, 3.05) is 19.8 Å². The summed E-state index contributed by atoms with van der Waals surface area (Å²) in [5, 5.41) is 19.8. The lowest BCUT2D eigenvalue weighted by atomic mass is 9.91. The highest BCUT2D eigenvalue weighted by Gasteiger charge is 2.28. The second kappa shape index (κ2) is 5.75. The maximum Gasteiger partial charge on any atom is 0.0731 e. The van der Waals surface area contributed by atoms with Crippen molar-refractivity contribution < 1.29 is 9.84 Å². The summed E-state index contributed by atoms with van der Waals surface area (Å²) in [6.07, 6.45) is 1.21. The topological polar surface area (TPSA) is 59.3 Å². The number of rotatable bonds is 4. The van der Waals surface area contributed by atoms with Gasteiger partial charge < -0.3 is 15.2 Å². The Morgan fingerprint density at radius 2 is 2.29 bits per heavy atom. The van der Waals surface area contributed by atoms with Gasteiger partial charge >= 0.3 is 0 Å². The van der Waals surface area contributed by atoms with E-state index in [0.29, 0.717) is 19.4 Å². The number of nitrogens with one attached hydrogen (secondary N) is 1. The highest BCUT2D eigenvalue weighted by Crippen LogP contribution is 2.24. The van der Waals surface area contributed by atoms with Gasteiger partial charge in [0.1, 0.15) is 0 Å². The summed E-state index contributed by atoms with van der Waals surface area (Å²) in [6.45, 7) is 4.16. The predicted molar refractivity (Wildman–Crippen MR) is 82.3 cm³/mol. The van der Waals surface area contributed by atoms with Crippen molar-refractivity contribution in [2.45, 2.75) is 31.4 Å². The molecule has 1 aromatic heterocycles. The average Bonchev–Trinajstić information content (AvgIpc) is 2.76. The monoisotopic (exact) mass is 289 g/mol. The van der Waals surface area contributed by atoms with Gasteiger partial charge in [-0.05, 0) is 19.4 Å². The van der Waals surface area contributed by atoms with Gasteiger partial charge in [0.05, 0.1) is 30.0 Å². The molecule has 3 rings (SSSR count). The van der Waals surface area contributed by atoms with Gasteiger partial charge in [-0.25, -0.2) is 0 Å². The second-order valence-corrected chi connectivity index (χ2v) is 6.19. The minimum atomic E-state index is -0.796. The molecule has 1 aliphatic heterocycles. The van der Waals surface area contributed by atoms with Crippen LogP contribution in [0.15, 0.2) is 24.3 Å². The van der Waals surface area contributed by atoms with Crippen molar-refractivity contribution in [3.05, 3.63) is 30.0 Å². The Hall–Kier alpha value is -1.43. The third kappa shape index (κ3) is 3.26. The number of aromatic nitrogens is 2. The van der Waals surface area contributed by atoms with E-state index in [-0.39, 0.29) is 6.04 Å². The fourth-order valence-electron chi connectivity index (χ4n) is 3.13. The van der Waals surface area contributed by atoms with Crippen LogP contribution in [0, 0.1) is 0 Å². The molecule has 0 spiro atoms. The van der Waals surface area contributed by atoms with Crippen molar-refractivity contribution in [2.24, 2.45) is 7.05 Å². The third-order valence-corrected chi connectivity index (χ3v) is 4.07. The number of benzene rings is 1. The number of aryl methyl sites for hydroxylation is 1. The Morgan fingerprint density at radius 1 is 1.48 bits per heavy atom. The summed E-state index contributed by atoms with van der Waals surface area (Å²) < 4.78 is 7.34. The molecule has 2 aromatic rings. The van der Waals surface area contributed by atoms with E-state index in [1.165, 1.54) is 0 Å². The molecular weight excluding hydrogens is 266 g/mol. The van der Waals surface area contributed by atoms with Crippen molar-refractivity contribution in [3.8, 4) is 0 Å². The van der Waals surface area contributed by atoms with Crippen LogP contribution in [0.4, 0.5) is 0 Å². The lowest BCUT2D eigenvalue weighted by molar-refractivity contribution is 0.00608.